The maximum atomic E-state index is 11.4. The number of rotatable bonds is 3. The standard InChI is InChI=1S/C7H9IN2OS/c8-6-4-9-5-10(7(6)11)2-1-3-12/h4-5,12H,1-3H2. The molecule has 0 bridgehead atoms. The van der Waals surface area contributed by atoms with Gasteiger partial charge in [0, 0.05) is 12.7 Å². The Balaban J connectivity index is 2.85. The second-order valence-corrected chi connectivity index (χ2v) is 3.93. The summed E-state index contributed by atoms with van der Waals surface area (Å²) < 4.78 is 2.27. The minimum absolute atomic E-state index is 0.0346. The molecule has 0 saturated carbocycles. The van der Waals surface area contributed by atoms with Gasteiger partial charge in [0.15, 0.2) is 0 Å². The predicted molar refractivity (Wildman–Crippen MR) is 59.7 cm³/mol. The topological polar surface area (TPSA) is 34.9 Å². The fourth-order valence-corrected chi connectivity index (χ4v) is 1.44. The van der Waals surface area contributed by atoms with E-state index in [0.717, 1.165) is 12.2 Å². The smallest absolute Gasteiger partial charge is 0.266 e. The zero-order valence-corrected chi connectivity index (χ0v) is 9.46. The third-order valence-corrected chi connectivity index (χ3v) is 2.47. The van der Waals surface area contributed by atoms with E-state index >= 15 is 0 Å². The molecule has 3 nitrogen and oxygen atoms in total. The van der Waals surface area contributed by atoms with Crippen LogP contribution in [-0.2, 0) is 6.54 Å². The maximum Gasteiger partial charge on any atom is 0.266 e. The van der Waals surface area contributed by atoms with Crippen molar-refractivity contribution < 1.29 is 0 Å². The lowest BCUT2D eigenvalue weighted by molar-refractivity contribution is 0.641. The molecular formula is C7H9IN2OS. The van der Waals surface area contributed by atoms with Gasteiger partial charge in [0.25, 0.3) is 5.56 Å². The van der Waals surface area contributed by atoms with Gasteiger partial charge < -0.3 is 0 Å². The van der Waals surface area contributed by atoms with Gasteiger partial charge in [0.1, 0.15) is 0 Å². The van der Waals surface area contributed by atoms with Crippen molar-refractivity contribution in [2.75, 3.05) is 5.75 Å². The van der Waals surface area contributed by atoms with E-state index in [1.165, 1.54) is 0 Å². The molecule has 1 aromatic heterocycles. The van der Waals surface area contributed by atoms with Crippen LogP contribution in [0.15, 0.2) is 17.3 Å². The molecule has 0 N–H and O–H groups in total. The van der Waals surface area contributed by atoms with Crippen molar-refractivity contribution in [3.8, 4) is 0 Å². The van der Waals surface area contributed by atoms with Crippen molar-refractivity contribution in [2.45, 2.75) is 13.0 Å². The quantitative estimate of drug-likeness (QED) is 0.671. The monoisotopic (exact) mass is 296 g/mol. The third-order valence-electron chi connectivity index (χ3n) is 1.42. The zero-order chi connectivity index (χ0) is 8.97. The Bertz CT molecular complexity index is 313. The van der Waals surface area contributed by atoms with Gasteiger partial charge in [-0.2, -0.15) is 12.6 Å². The van der Waals surface area contributed by atoms with Crippen LogP contribution < -0.4 is 5.56 Å². The minimum Gasteiger partial charge on any atom is -0.298 e. The van der Waals surface area contributed by atoms with Crippen molar-refractivity contribution in [1.29, 1.82) is 0 Å². The zero-order valence-electron chi connectivity index (χ0n) is 6.40. The summed E-state index contributed by atoms with van der Waals surface area (Å²) >= 11 is 6.06. The summed E-state index contributed by atoms with van der Waals surface area (Å²) in [6, 6.07) is 0. The molecule has 0 amide bonds. The molecule has 66 valence electrons. The molecule has 1 rings (SSSR count). The third kappa shape index (κ3) is 2.48. The van der Waals surface area contributed by atoms with Gasteiger partial charge in [-0.25, -0.2) is 4.98 Å². The molecule has 12 heavy (non-hydrogen) atoms. The summed E-state index contributed by atoms with van der Waals surface area (Å²) in [7, 11) is 0. The number of halogens is 1. The number of thiol groups is 1. The number of nitrogens with zero attached hydrogens (tertiary/aromatic N) is 2. The Morgan fingerprint density at radius 2 is 2.42 bits per heavy atom. The van der Waals surface area contributed by atoms with Gasteiger partial charge in [0.05, 0.1) is 9.90 Å². The molecule has 1 heterocycles. The van der Waals surface area contributed by atoms with Crippen molar-refractivity contribution in [2.24, 2.45) is 0 Å². The first-order chi connectivity index (χ1) is 5.75. The lowest BCUT2D eigenvalue weighted by atomic mass is 10.4. The summed E-state index contributed by atoms with van der Waals surface area (Å²) in [5.41, 5.74) is 0.0346. The van der Waals surface area contributed by atoms with Crippen LogP contribution in [0.1, 0.15) is 6.42 Å². The van der Waals surface area contributed by atoms with Crippen LogP contribution in [0.2, 0.25) is 0 Å². The molecule has 0 unspecified atom stereocenters. The van der Waals surface area contributed by atoms with Crippen LogP contribution in [0, 0.1) is 3.57 Å². The van der Waals surface area contributed by atoms with E-state index < -0.39 is 0 Å². The highest BCUT2D eigenvalue weighted by molar-refractivity contribution is 14.1. The largest absolute Gasteiger partial charge is 0.298 e. The molecule has 0 atom stereocenters. The molecule has 0 aliphatic rings. The van der Waals surface area contributed by atoms with E-state index in [9.17, 15) is 4.79 Å². The van der Waals surface area contributed by atoms with Crippen LogP contribution in [0.25, 0.3) is 0 Å². The fraction of sp³-hybridized carbons (Fsp3) is 0.429. The van der Waals surface area contributed by atoms with E-state index in [0.29, 0.717) is 10.1 Å². The van der Waals surface area contributed by atoms with Crippen molar-refractivity contribution in [3.05, 3.63) is 26.4 Å². The van der Waals surface area contributed by atoms with Gasteiger partial charge in [-0.3, -0.25) is 9.36 Å². The molecule has 1 aromatic rings. The van der Waals surface area contributed by atoms with E-state index in [1.54, 1.807) is 17.1 Å². The number of hydrogen-bond donors (Lipinski definition) is 1. The van der Waals surface area contributed by atoms with Crippen LogP contribution in [-0.4, -0.2) is 15.3 Å². The highest BCUT2D eigenvalue weighted by Crippen LogP contribution is 1.94. The Hall–Kier alpha value is -0.0400. The summed E-state index contributed by atoms with van der Waals surface area (Å²) in [6.07, 6.45) is 4.03. The summed E-state index contributed by atoms with van der Waals surface area (Å²) in [6.45, 7) is 0.701. The summed E-state index contributed by atoms with van der Waals surface area (Å²) in [5.74, 6) is 0.790. The molecule has 0 aromatic carbocycles. The second kappa shape index (κ2) is 4.86. The number of hydrogen-bond acceptors (Lipinski definition) is 3. The average molecular weight is 296 g/mol. The molecule has 5 heteroatoms. The van der Waals surface area contributed by atoms with Gasteiger partial charge in [0.2, 0.25) is 0 Å². The normalized spacial score (nSPS) is 10.2. The van der Waals surface area contributed by atoms with Crippen LogP contribution in [0.3, 0.4) is 0 Å². The van der Waals surface area contributed by atoms with Gasteiger partial charge >= 0.3 is 0 Å². The Labute approximate surface area is 89.8 Å². The fourth-order valence-electron chi connectivity index (χ4n) is 0.824. The molecule has 0 spiro atoms. The minimum atomic E-state index is 0.0346. The predicted octanol–water partition coefficient (Wildman–Crippen LogP) is 1.17. The van der Waals surface area contributed by atoms with E-state index in [2.05, 4.69) is 17.6 Å². The first-order valence-electron chi connectivity index (χ1n) is 3.56. The Morgan fingerprint density at radius 3 is 3.08 bits per heavy atom. The molecule has 0 aliphatic heterocycles. The Kier molecular flexibility index (Phi) is 4.07. The van der Waals surface area contributed by atoms with Gasteiger partial charge in [-0.15, -0.1) is 0 Å². The van der Waals surface area contributed by atoms with Crippen molar-refractivity contribution >= 4 is 35.2 Å². The van der Waals surface area contributed by atoms with Gasteiger partial charge in [-0.1, -0.05) is 0 Å². The number of aromatic nitrogens is 2. The highest BCUT2D eigenvalue weighted by atomic mass is 127. The Morgan fingerprint density at radius 1 is 1.67 bits per heavy atom. The lowest BCUT2D eigenvalue weighted by Gasteiger charge is -2.02. The lowest BCUT2D eigenvalue weighted by Crippen LogP contribution is -2.22. The molecule has 0 aliphatic carbocycles. The summed E-state index contributed by atoms with van der Waals surface area (Å²) in [5, 5.41) is 0. The van der Waals surface area contributed by atoms with E-state index in [-0.39, 0.29) is 5.56 Å². The van der Waals surface area contributed by atoms with E-state index in [1.807, 2.05) is 22.6 Å². The van der Waals surface area contributed by atoms with Crippen molar-refractivity contribution in [3.63, 3.8) is 0 Å². The van der Waals surface area contributed by atoms with E-state index in [4.69, 9.17) is 0 Å². The van der Waals surface area contributed by atoms with Crippen LogP contribution >= 0.6 is 35.2 Å². The molecule has 0 fully saturated rings. The van der Waals surface area contributed by atoms with Crippen molar-refractivity contribution in [1.82, 2.24) is 9.55 Å². The second-order valence-electron chi connectivity index (χ2n) is 2.32. The molecule has 0 radical (unpaired) electrons. The highest BCUT2D eigenvalue weighted by Gasteiger charge is 1.98. The first kappa shape index (κ1) is 10.0. The van der Waals surface area contributed by atoms with Crippen LogP contribution in [0.4, 0.5) is 0 Å². The van der Waals surface area contributed by atoms with Crippen LogP contribution in [0.5, 0.6) is 0 Å². The number of aryl methyl sites for hydroxylation is 1. The maximum absolute atomic E-state index is 11.4. The molecule has 0 saturated heterocycles. The average Bonchev–Trinajstić information content (AvgIpc) is 2.08. The first-order valence-corrected chi connectivity index (χ1v) is 5.27. The molecular weight excluding hydrogens is 287 g/mol. The summed E-state index contributed by atoms with van der Waals surface area (Å²) in [4.78, 5) is 15.3. The SMILES string of the molecule is O=c1c(I)cncn1CCCS. The van der Waals surface area contributed by atoms with Gasteiger partial charge in [-0.05, 0) is 34.8 Å².